The molecule has 126 valence electrons. The molecule has 0 bridgehead atoms. The summed E-state index contributed by atoms with van der Waals surface area (Å²) in [6.45, 7) is 7.41. The molecule has 4 nitrogen and oxygen atoms in total. The molecule has 1 heterocycles. The molecular formula is C19H27NO3. The van der Waals surface area contributed by atoms with Crippen molar-refractivity contribution in [3.8, 4) is 0 Å². The maximum atomic E-state index is 10.2. The third kappa shape index (κ3) is 6.99. The summed E-state index contributed by atoms with van der Waals surface area (Å²) in [7, 11) is 0. The summed E-state index contributed by atoms with van der Waals surface area (Å²) < 4.78 is 11.0. The molecule has 0 aliphatic carbocycles. The molecule has 0 radical (unpaired) electrons. The van der Waals surface area contributed by atoms with Gasteiger partial charge in [-0.1, -0.05) is 44.2 Å². The van der Waals surface area contributed by atoms with E-state index in [-0.39, 0.29) is 0 Å². The van der Waals surface area contributed by atoms with Crippen molar-refractivity contribution >= 4 is 0 Å². The highest BCUT2D eigenvalue weighted by molar-refractivity contribution is 5.13. The molecule has 23 heavy (non-hydrogen) atoms. The normalized spacial score (nSPS) is 12.9. The number of rotatable bonds is 10. The molecule has 1 unspecified atom stereocenters. The zero-order valence-electron chi connectivity index (χ0n) is 14.0. The first kappa shape index (κ1) is 17.7. The van der Waals surface area contributed by atoms with Gasteiger partial charge in [-0.15, -0.1) is 0 Å². The van der Waals surface area contributed by atoms with E-state index in [4.69, 9.17) is 9.15 Å². The van der Waals surface area contributed by atoms with Crippen LogP contribution in [0.4, 0.5) is 0 Å². The Morgan fingerprint density at radius 3 is 2.52 bits per heavy atom. The van der Waals surface area contributed by atoms with Crippen molar-refractivity contribution in [2.75, 3.05) is 19.7 Å². The highest BCUT2D eigenvalue weighted by Gasteiger charge is 2.15. The molecule has 1 N–H and O–H groups in total. The van der Waals surface area contributed by atoms with Gasteiger partial charge in [0.2, 0.25) is 0 Å². The molecule has 1 aromatic heterocycles. The van der Waals surface area contributed by atoms with Crippen LogP contribution in [0.1, 0.15) is 25.2 Å². The molecule has 0 fully saturated rings. The molecule has 0 aliphatic rings. The monoisotopic (exact) mass is 317 g/mol. The fraction of sp³-hybridized carbons (Fsp3) is 0.474. The van der Waals surface area contributed by atoms with Gasteiger partial charge >= 0.3 is 0 Å². The van der Waals surface area contributed by atoms with Crippen LogP contribution < -0.4 is 0 Å². The van der Waals surface area contributed by atoms with Crippen LogP contribution in [-0.4, -0.2) is 35.8 Å². The molecule has 2 aromatic rings. The maximum Gasteiger partial charge on any atom is 0.117 e. The van der Waals surface area contributed by atoms with Gasteiger partial charge in [0.15, 0.2) is 0 Å². The molecular weight excluding hydrogens is 290 g/mol. The average Bonchev–Trinajstić information content (AvgIpc) is 3.00. The van der Waals surface area contributed by atoms with Gasteiger partial charge in [-0.2, -0.15) is 0 Å². The van der Waals surface area contributed by atoms with Gasteiger partial charge in [0.05, 0.1) is 32.1 Å². The van der Waals surface area contributed by atoms with Gasteiger partial charge in [-0.25, -0.2) is 0 Å². The molecule has 0 aliphatic heterocycles. The van der Waals surface area contributed by atoms with Crippen molar-refractivity contribution in [2.45, 2.75) is 33.1 Å². The predicted molar refractivity (Wildman–Crippen MR) is 90.9 cm³/mol. The van der Waals surface area contributed by atoms with Crippen molar-refractivity contribution in [1.29, 1.82) is 0 Å². The number of aliphatic hydroxyl groups is 1. The van der Waals surface area contributed by atoms with E-state index >= 15 is 0 Å². The predicted octanol–water partition coefficient (Wildman–Crippen LogP) is 3.32. The summed E-state index contributed by atoms with van der Waals surface area (Å²) in [5.74, 6) is 1.45. The fourth-order valence-electron chi connectivity index (χ4n) is 2.58. The summed E-state index contributed by atoms with van der Waals surface area (Å²) in [5.41, 5.74) is 1.12. The third-order valence-corrected chi connectivity index (χ3v) is 3.47. The second kappa shape index (κ2) is 9.50. The van der Waals surface area contributed by atoms with Crippen LogP contribution in [0, 0.1) is 5.92 Å². The van der Waals surface area contributed by atoms with Gasteiger partial charge in [0, 0.05) is 13.1 Å². The van der Waals surface area contributed by atoms with E-state index in [1.807, 2.05) is 42.5 Å². The molecule has 2 rings (SSSR count). The minimum atomic E-state index is -0.507. The summed E-state index contributed by atoms with van der Waals surface area (Å²) in [6, 6.07) is 13.9. The lowest BCUT2D eigenvalue weighted by atomic mass is 10.2. The Morgan fingerprint density at radius 2 is 1.87 bits per heavy atom. The molecule has 0 spiro atoms. The van der Waals surface area contributed by atoms with Crippen molar-refractivity contribution < 1.29 is 14.3 Å². The Labute approximate surface area is 138 Å². The minimum absolute atomic E-state index is 0.335. The first-order valence-corrected chi connectivity index (χ1v) is 8.18. The summed E-state index contributed by atoms with van der Waals surface area (Å²) in [5, 5.41) is 10.2. The minimum Gasteiger partial charge on any atom is -0.468 e. The van der Waals surface area contributed by atoms with Gasteiger partial charge < -0.3 is 14.3 Å². The van der Waals surface area contributed by atoms with E-state index < -0.39 is 6.10 Å². The molecule has 1 atom stereocenters. The van der Waals surface area contributed by atoms with E-state index in [1.165, 1.54) is 0 Å². The Balaban J connectivity index is 1.76. The summed E-state index contributed by atoms with van der Waals surface area (Å²) in [6.07, 6.45) is 1.18. The number of nitrogens with zero attached hydrogens (tertiary/aromatic N) is 1. The van der Waals surface area contributed by atoms with E-state index in [0.717, 1.165) is 17.9 Å². The molecule has 0 saturated heterocycles. The zero-order chi connectivity index (χ0) is 16.5. The summed E-state index contributed by atoms with van der Waals surface area (Å²) in [4.78, 5) is 2.21. The van der Waals surface area contributed by atoms with E-state index in [1.54, 1.807) is 6.26 Å². The number of aliphatic hydroxyl groups excluding tert-OH is 1. The van der Waals surface area contributed by atoms with Crippen molar-refractivity contribution in [2.24, 2.45) is 5.92 Å². The summed E-state index contributed by atoms with van der Waals surface area (Å²) >= 11 is 0. The third-order valence-electron chi connectivity index (χ3n) is 3.47. The van der Waals surface area contributed by atoms with Crippen LogP contribution in [0.15, 0.2) is 53.1 Å². The fourth-order valence-corrected chi connectivity index (χ4v) is 2.58. The Hall–Kier alpha value is -1.62. The van der Waals surface area contributed by atoms with Crippen molar-refractivity contribution in [3.05, 3.63) is 60.1 Å². The Bertz CT molecular complexity index is 525. The van der Waals surface area contributed by atoms with Crippen LogP contribution in [-0.2, 0) is 17.9 Å². The van der Waals surface area contributed by atoms with Crippen LogP contribution in [0.2, 0.25) is 0 Å². The number of ether oxygens (including phenoxy) is 1. The first-order chi connectivity index (χ1) is 11.1. The largest absolute Gasteiger partial charge is 0.468 e. The van der Waals surface area contributed by atoms with Crippen LogP contribution in [0.3, 0.4) is 0 Å². The second-order valence-electron chi connectivity index (χ2n) is 6.32. The number of hydrogen-bond acceptors (Lipinski definition) is 4. The van der Waals surface area contributed by atoms with Crippen LogP contribution >= 0.6 is 0 Å². The van der Waals surface area contributed by atoms with Crippen LogP contribution in [0.25, 0.3) is 0 Å². The van der Waals surface area contributed by atoms with E-state index in [2.05, 4.69) is 18.7 Å². The Kier molecular flexibility index (Phi) is 7.33. The highest BCUT2D eigenvalue weighted by Crippen LogP contribution is 2.09. The number of hydrogen-bond donors (Lipinski definition) is 1. The lowest BCUT2D eigenvalue weighted by molar-refractivity contribution is 0.00578. The van der Waals surface area contributed by atoms with Gasteiger partial charge in [0.1, 0.15) is 5.76 Å². The standard InChI is InChI=1S/C19H27NO3/c1-16(2)11-20(13-19-9-6-10-23-19)12-18(21)15-22-14-17-7-4-3-5-8-17/h3-10,16,18,21H,11-15H2,1-2H3. The first-order valence-electron chi connectivity index (χ1n) is 8.18. The number of furan rings is 1. The lowest BCUT2D eigenvalue weighted by Gasteiger charge is -2.25. The van der Waals surface area contributed by atoms with Gasteiger partial charge in [0.25, 0.3) is 0 Å². The lowest BCUT2D eigenvalue weighted by Crippen LogP contribution is -2.36. The second-order valence-corrected chi connectivity index (χ2v) is 6.32. The SMILES string of the molecule is CC(C)CN(Cc1ccco1)CC(O)COCc1ccccc1. The van der Waals surface area contributed by atoms with E-state index in [0.29, 0.717) is 32.2 Å². The quantitative estimate of drug-likeness (QED) is 0.730. The smallest absolute Gasteiger partial charge is 0.117 e. The number of benzene rings is 1. The van der Waals surface area contributed by atoms with E-state index in [9.17, 15) is 5.11 Å². The average molecular weight is 317 g/mol. The van der Waals surface area contributed by atoms with Gasteiger partial charge in [-0.05, 0) is 23.6 Å². The molecule has 1 aromatic carbocycles. The molecule has 4 heteroatoms. The van der Waals surface area contributed by atoms with Gasteiger partial charge in [-0.3, -0.25) is 4.90 Å². The van der Waals surface area contributed by atoms with Crippen molar-refractivity contribution in [1.82, 2.24) is 4.90 Å². The van der Waals surface area contributed by atoms with Crippen molar-refractivity contribution in [3.63, 3.8) is 0 Å². The maximum absolute atomic E-state index is 10.2. The highest BCUT2D eigenvalue weighted by atomic mass is 16.5. The Morgan fingerprint density at radius 1 is 1.09 bits per heavy atom. The zero-order valence-corrected chi connectivity index (χ0v) is 14.0. The van der Waals surface area contributed by atoms with Crippen LogP contribution in [0.5, 0.6) is 0 Å². The topological polar surface area (TPSA) is 45.8 Å². The molecule has 0 saturated carbocycles. The molecule has 0 amide bonds.